The molecule has 8 heteroatoms. The summed E-state index contributed by atoms with van der Waals surface area (Å²) in [5, 5.41) is 0.648. The molecule has 1 N–H and O–H groups in total. The number of aryl methyl sites for hydroxylation is 1. The van der Waals surface area contributed by atoms with Crippen molar-refractivity contribution in [1.29, 1.82) is 0 Å². The van der Waals surface area contributed by atoms with E-state index in [9.17, 15) is 13.2 Å². The third-order valence-electron chi connectivity index (χ3n) is 5.27. The second kappa shape index (κ2) is 11.0. The number of anilines is 1. The van der Waals surface area contributed by atoms with E-state index in [0.717, 1.165) is 11.1 Å². The van der Waals surface area contributed by atoms with E-state index in [2.05, 4.69) is 9.71 Å². The predicted octanol–water partition coefficient (Wildman–Crippen LogP) is 5.46. The summed E-state index contributed by atoms with van der Waals surface area (Å²) in [6, 6.07) is 23.2. The van der Waals surface area contributed by atoms with Crippen LogP contribution in [0.2, 0.25) is 0 Å². The van der Waals surface area contributed by atoms with Crippen LogP contribution in [0.3, 0.4) is 0 Å². The molecule has 3 aromatic carbocycles. The number of nitrogens with one attached hydrogen (secondary N) is 1. The van der Waals surface area contributed by atoms with E-state index in [1.807, 2.05) is 61.5 Å². The maximum atomic E-state index is 13.1. The Morgan fingerprint density at radius 1 is 0.972 bits per heavy atom. The van der Waals surface area contributed by atoms with Crippen LogP contribution in [0.5, 0.6) is 5.75 Å². The maximum absolute atomic E-state index is 13.1. The van der Waals surface area contributed by atoms with Gasteiger partial charge in [-0.2, -0.15) is 0 Å². The zero-order valence-corrected chi connectivity index (χ0v) is 20.8. The van der Waals surface area contributed by atoms with E-state index in [1.54, 1.807) is 37.3 Å². The molecule has 184 valence electrons. The van der Waals surface area contributed by atoms with Crippen molar-refractivity contribution < 1.29 is 22.7 Å². The molecule has 4 aromatic rings. The van der Waals surface area contributed by atoms with Crippen molar-refractivity contribution in [2.45, 2.75) is 18.7 Å². The third-order valence-corrected chi connectivity index (χ3v) is 6.65. The van der Waals surface area contributed by atoms with Gasteiger partial charge in [-0.05, 0) is 49.8 Å². The number of carbonyl (C=O) groups is 1. The minimum atomic E-state index is -3.90. The molecule has 0 aliphatic rings. The van der Waals surface area contributed by atoms with Crippen LogP contribution >= 0.6 is 0 Å². The Morgan fingerprint density at radius 2 is 1.72 bits per heavy atom. The fourth-order valence-electron chi connectivity index (χ4n) is 3.49. The Bertz CT molecular complexity index is 1500. The predicted molar refractivity (Wildman–Crippen MR) is 141 cm³/mol. The number of fused-ring (bicyclic) bond motifs is 1. The summed E-state index contributed by atoms with van der Waals surface area (Å²) >= 11 is 0. The van der Waals surface area contributed by atoms with Gasteiger partial charge in [0.2, 0.25) is 0 Å². The summed E-state index contributed by atoms with van der Waals surface area (Å²) in [6.45, 7) is 3.54. The van der Waals surface area contributed by atoms with Crippen LogP contribution in [-0.2, 0) is 19.6 Å². The van der Waals surface area contributed by atoms with E-state index in [0.29, 0.717) is 22.3 Å². The summed E-state index contributed by atoms with van der Waals surface area (Å²) in [4.78, 5) is 16.6. The van der Waals surface area contributed by atoms with Crippen LogP contribution in [-0.4, -0.2) is 32.6 Å². The van der Waals surface area contributed by atoms with Crippen LogP contribution in [0, 0.1) is 6.92 Å². The van der Waals surface area contributed by atoms with Gasteiger partial charge in [-0.25, -0.2) is 18.2 Å². The van der Waals surface area contributed by atoms with E-state index in [-0.39, 0.29) is 23.8 Å². The summed E-state index contributed by atoms with van der Waals surface area (Å²) in [5.41, 5.74) is 3.31. The van der Waals surface area contributed by atoms with E-state index in [1.165, 1.54) is 6.07 Å². The maximum Gasteiger partial charge on any atom is 0.344 e. The molecular weight excluding hydrogens is 476 g/mol. The average molecular weight is 503 g/mol. The first kappa shape index (κ1) is 24.9. The minimum Gasteiger partial charge on any atom is -0.482 e. The summed E-state index contributed by atoms with van der Waals surface area (Å²) in [7, 11) is -3.90. The zero-order valence-electron chi connectivity index (χ0n) is 20.0. The number of hydrogen-bond acceptors (Lipinski definition) is 6. The fourth-order valence-corrected chi connectivity index (χ4v) is 4.55. The van der Waals surface area contributed by atoms with Gasteiger partial charge in [0, 0.05) is 11.5 Å². The lowest BCUT2D eigenvalue weighted by Crippen LogP contribution is -2.16. The highest BCUT2D eigenvalue weighted by Gasteiger charge is 2.18. The summed E-state index contributed by atoms with van der Waals surface area (Å²) in [6.07, 6.45) is 3.79. The monoisotopic (exact) mass is 502 g/mol. The van der Waals surface area contributed by atoms with Gasteiger partial charge in [0.25, 0.3) is 10.0 Å². The molecule has 0 unspecified atom stereocenters. The number of carbonyl (C=O) groups excluding carboxylic acids is 1. The Balaban J connectivity index is 1.72. The molecule has 0 radical (unpaired) electrons. The number of rotatable bonds is 9. The van der Waals surface area contributed by atoms with Gasteiger partial charge >= 0.3 is 5.97 Å². The largest absolute Gasteiger partial charge is 0.482 e. The van der Waals surface area contributed by atoms with Crippen LogP contribution in [0.25, 0.3) is 23.1 Å². The van der Waals surface area contributed by atoms with Crippen molar-refractivity contribution in [3.8, 4) is 5.75 Å². The molecule has 0 aliphatic heterocycles. The molecule has 0 atom stereocenters. The molecule has 0 amide bonds. The Labute approximate surface area is 210 Å². The molecule has 0 spiro atoms. The van der Waals surface area contributed by atoms with E-state index >= 15 is 0 Å². The molecule has 7 nitrogen and oxygen atoms in total. The number of benzene rings is 3. The number of pyridine rings is 1. The molecule has 0 bridgehead atoms. The van der Waals surface area contributed by atoms with Crippen LogP contribution in [0.15, 0.2) is 83.8 Å². The Hall–Kier alpha value is -4.17. The zero-order chi connectivity index (χ0) is 25.5. The Kier molecular flexibility index (Phi) is 7.65. The van der Waals surface area contributed by atoms with Crippen LogP contribution in [0.1, 0.15) is 23.7 Å². The number of sulfonamides is 1. The van der Waals surface area contributed by atoms with Gasteiger partial charge in [0.15, 0.2) is 6.61 Å². The quantitative estimate of drug-likeness (QED) is 0.306. The number of hydrogen-bond donors (Lipinski definition) is 1. The smallest absolute Gasteiger partial charge is 0.344 e. The second-order valence-electron chi connectivity index (χ2n) is 8.03. The molecule has 4 rings (SSSR count). The SMILES string of the molecule is CCOC(=O)COc1cc(NS(=O)(=O)c2ccc(C)cc2)c2nc(C=Cc3ccccc3)ccc2c1. The highest BCUT2D eigenvalue weighted by molar-refractivity contribution is 7.92. The highest BCUT2D eigenvalue weighted by atomic mass is 32.2. The molecule has 0 saturated carbocycles. The second-order valence-corrected chi connectivity index (χ2v) is 9.72. The van der Waals surface area contributed by atoms with Gasteiger partial charge in [0.05, 0.1) is 28.4 Å². The number of nitrogens with zero attached hydrogens (tertiary/aromatic N) is 1. The molecule has 1 heterocycles. The molecule has 36 heavy (non-hydrogen) atoms. The van der Waals surface area contributed by atoms with Crippen molar-refractivity contribution in [3.05, 3.63) is 95.7 Å². The van der Waals surface area contributed by atoms with E-state index < -0.39 is 16.0 Å². The average Bonchev–Trinajstić information content (AvgIpc) is 2.87. The first-order valence-electron chi connectivity index (χ1n) is 11.4. The third kappa shape index (κ3) is 6.28. The van der Waals surface area contributed by atoms with Crippen molar-refractivity contribution in [2.75, 3.05) is 17.9 Å². The first-order valence-corrected chi connectivity index (χ1v) is 12.9. The van der Waals surface area contributed by atoms with Gasteiger partial charge < -0.3 is 9.47 Å². The van der Waals surface area contributed by atoms with Gasteiger partial charge in [0.1, 0.15) is 5.75 Å². The number of esters is 1. The van der Waals surface area contributed by atoms with Gasteiger partial charge in [-0.3, -0.25) is 4.72 Å². The Morgan fingerprint density at radius 3 is 2.44 bits per heavy atom. The van der Waals surface area contributed by atoms with Gasteiger partial charge in [-0.1, -0.05) is 60.2 Å². The van der Waals surface area contributed by atoms with Crippen LogP contribution in [0.4, 0.5) is 5.69 Å². The highest BCUT2D eigenvalue weighted by Crippen LogP contribution is 2.31. The lowest BCUT2D eigenvalue weighted by atomic mass is 10.1. The van der Waals surface area contributed by atoms with Crippen molar-refractivity contribution in [2.24, 2.45) is 0 Å². The minimum absolute atomic E-state index is 0.124. The lowest BCUT2D eigenvalue weighted by Gasteiger charge is -2.14. The number of aromatic nitrogens is 1. The lowest BCUT2D eigenvalue weighted by molar-refractivity contribution is -0.145. The molecule has 0 fully saturated rings. The fraction of sp³-hybridized carbons (Fsp3) is 0.143. The molecular formula is C28H26N2O5S. The van der Waals surface area contributed by atoms with Crippen molar-refractivity contribution >= 4 is 44.7 Å². The molecule has 0 aliphatic carbocycles. The standard InChI is InChI=1S/C28H26N2O5S/c1-3-34-27(31)19-35-24-17-22-12-14-23(13-11-21-7-5-4-6-8-21)29-28(22)26(18-24)30-36(32,33)25-15-9-20(2)10-16-25/h4-18,30H,3,19H2,1-2H3. The van der Waals surface area contributed by atoms with Crippen LogP contribution < -0.4 is 9.46 Å². The first-order chi connectivity index (χ1) is 17.3. The molecule has 0 saturated heterocycles. The topological polar surface area (TPSA) is 94.6 Å². The summed E-state index contributed by atoms with van der Waals surface area (Å²) < 4.78 is 39.4. The normalized spacial score (nSPS) is 11.5. The summed E-state index contributed by atoms with van der Waals surface area (Å²) in [5.74, 6) is -0.203. The van der Waals surface area contributed by atoms with Gasteiger partial charge in [-0.15, -0.1) is 0 Å². The van der Waals surface area contributed by atoms with Crippen molar-refractivity contribution in [3.63, 3.8) is 0 Å². The number of ether oxygens (including phenoxy) is 2. The van der Waals surface area contributed by atoms with Crippen molar-refractivity contribution in [1.82, 2.24) is 4.98 Å². The molecule has 1 aromatic heterocycles. The van der Waals surface area contributed by atoms with E-state index in [4.69, 9.17) is 9.47 Å².